The predicted octanol–water partition coefficient (Wildman–Crippen LogP) is 1.18. The molecule has 0 fully saturated rings. The minimum atomic E-state index is -0.438. The molecule has 1 aromatic heterocycles. The number of carbonyl (C=O) groups is 2. The Labute approximate surface area is 110 Å². The van der Waals surface area contributed by atoms with Gasteiger partial charge in [-0.15, -0.1) is 0 Å². The van der Waals surface area contributed by atoms with E-state index in [4.69, 9.17) is 4.74 Å². The molecule has 0 saturated carbocycles. The second-order valence-corrected chi connectivity index (χ2v) is 4.01. The van der Waals surface area contributed by atoms with E-state index in [1.54, 1.807) is 26.1 Å². The maximum absolute atomic E-state index is 12.1. The van der Waals surface area contributed by atoms with E-state index in [9.17, 15) is 9.59 Å². The first kappa shape index (κ1) is 13.1. The van der Waals surface area contributed by atoms with Gasteiger partial charge in [-0.25, -0.2) is 4.99 Å². The molecule has 0 saturated heterocycles. The fourth-order valence-corrected chi connectivity index (χ4v) is 1.76. The van der Waals surface area contributed by atoms with Crippen LogP contribution in [0, 0.1) is 0 Å². The van der Waals surface area contributed by atoms with Crippen molar-refractivity contribution in [2.75, 3.05) is 13.2 Å². The number of ether oxygens (including phenoxy) is 1. The fourth-order valence-electron chi connectivity index (χ4n) is 1.76. The summed E-state index contributed by atoms with van der Waals surface area (Å²) in [6, 6.07) is 3.66. The lowest BCUT2D eigenvalue weighted by Crippen LogP contribution is -2.36. The number of H-pyrrole nitrogens is 1. The number of aromatic nitrogens is 1. The van der Waals surface area contributed by atoms with Crippen molar-refractivity contribution in [2.45, 2.75) is 13.8 Å². The predicted molar refractivity (Wildman–Crippen MR) is 70.2 cm³/mol. The van der Waals surface area contributed by atoms with E-state index in [0.717, 1.165) is 5.69 Å². The van der Waals surface area contributed by atoms with Crippen LogP contribution in [-0.2, 0) is 14.3 Å². The highest BCUT2D eigenvalue weighted by atomic mass is 16.5. The van der Waals surface area contributed by atoms with Gasteiger partial charge in [-0.3, -0.25) is 14.5 Å². The normalized spacial score (nSPS) is 16.9. The molecule has 0 atom stereocenters. The van der Waals surface area contributed by atoms with Gasteiger partial charge in [0.25, 0.3) is 5.91 Å². The van der Waals surface area contributed by atoms with Gasteiger partial charge >= 0.3 is 5.97 Å². The highest BCUT2D eigenvalue weighted by Crippen LogP contribution is 2.17. The monoisotopic (exact) mass is 261 g/mol. The van der Waals surface area contributed by atoms with Crippen molar-refractivity contribution in [3.63, 3.8) is 0 Å². The molecular weight excluding hydrogens is 246 g/mol. The number of rotatable bonds is 4. The number of aromatic amines is 1. The van der Waals surface area contributed by atoms with Gasteiger partial charge in [-0.1, -0.05) is 0 Å². The quantitative estimate of drug-likeness (QED) is 0.653. The summed E-state index contributed by atoms with van der Waals surface area (Å²) in [6.07, 6.45) is 3.41. The van der Waals surface area contributed by atoms with Gasteiger partial charge in [-0.05, 0) is 32.1 Å². The Hall–Kier alpha value is -2.37. The summed E-state index contributed by atoms with van der Waals surface area (Å²) in [6.45, 7) is 3.60. The molecule has 100 valence electrons. The van der Waals surface area contributed by atoms with Crippen molar-refractivity contribution in [3.05, 3.63) is 29.7 Å². The zero-order valence-electron chi connectivity index (χ0n) is 10.8. The Kier molecular flexibility index (Phi) is 3.79. The molecule has 1 amide bonds. The summed E-state index contributed by atoms with van der Waals surface area (Å²) in [4.78, 5) is 32.0. The molecule has 6 nitrogen and oxygen atoms in total. The van der Waals surface area contributed by atoms with Crippen molar-refractivity contribution >= 4 is 23.8 Å². The number of esters is 1. The Morgan fingerprint density at radius 3 is 3.00 bits per heavy atom. The Morgan fingerprint density at radius 2 is 2.37 bits per heavy atom. The van der Waals surface area contributed by atoms with Crippen molar-refractivity contribution in [2.24, 2.45) is 4.99 Å². The number of carbonyl (C=O) groups excluding carboxylic acids is 2. The number of hydrogen-bond acceptors (Lipinski definition) is 4. The van der Waals surface area contributed by atoms with Crippen molar-refractivity contribution in [1.82, 2.24) is 9.88 Å². The molecule has 0 spiro atoms. The Morgan fingerprint density at radius 1 is 1.58 bits per heavy atom. The third-order valence-corrected chi connectivity index (χ3v) is 2.64. The standard InChI is InChI=1S/C13H15N3O3/c1-3-19-12(17)8-16-9(2)15-11(13(16)18)7-10-5-4-6-14-10/h4-7,14H,3,8H2,1-2H3. The van der Waals surface area contributed by atoms with Crippen LogP contribution < -0.4 is 0 Å². The van der Waals surface area contributed by atoms with E-state index < -0.39 is 5.97 Å². The minimum Gasteiger partial charge on any atom is -0.465 e. The van der Waals surface area contributed by atoms with Crippen molar-refractivity contribution in [3.8, 4) is 0 Å². The molecule has 2 rings (SSSR count). The molecule has 1 aliphatic rings. The summed E-state index contributed by atoms with van der Waals surface area (Å²) in [5, 5.41) is 0. The Bertz CT molecular complexity index is 543. The van der Waals surface area contributed by atoms with Gasteiger partial charge in [-0.2, -0.15) is 0 Å². The first-order valence-electron chi connectivity index (χ1n) is 5.99. The zero-order chi connectivity index (χ0) is 13.8. The first-order chi connectivity index (χ1) is 9.11. The molecule has 0 radical (unpaired) electrons. The number of hydrogen-bond donors (Lipinski definition) is 1. The third-order valence-electron chi connectivity index (χ3n) is 2.64. The molecule has 0 aromatic carbocycles. The lowest BCUT2D eigenvalue weighted by molar-refractivity contribution is -0.145. The van der Waals surface area contributed by atoms with Crippen LogP contribution in [0.3, 0.4) is 0 Å². The minimum absolute atomic E-state index is 0.107. The van der Waals surface area contributed by atoms with Gasteiger partial charge in [0.1, 0.15) is 18.1 Å². The van der Waals surface area contributed by atoms with Crippen LogP contribution in [0.4, 0.5) is 0 Å². The highest BCUT2D eigenvalue weighted by molar-refractivity contribution is 6.14. The van der Waals surface area contributed by atoms with Crippen LogP contribution in [0.5, 0.6) is 0 Å². The molecule has 6 heteroatoms. The van der Waals surface area contributed by atoms with Crippen molar-refractivity contribution < 1.29 is 14.3 Å². The van der Waals surface area contributed by atoms with E-state index in [1.807, 2.05) is 12.1 Å². The van der Waals surface area contributed by atoms with E-state index >= 15 is 0 Å². The topological polar surface area (TPSA) is 74.8 Å². The van der Waals surface area contributed by atoms with Crippen molar-refractivity contribution in [1.29, 1.82) is 0 Å². The smallest absolute Gasteiger partial charge is 0.326 e. The zero-order valence-corrected chi connectivity index (χ0v) is 10.8. The fraction of sp³-hybridized carbons (Fsp3) is 0.308. The molecule has 19 heavy (non-hydrogen) atoms. The summed E-state index contributed by atoms with van der Waals surface area (Å²) in [5.74, 6) is -0.234. The number of amides is 1. The molecule has 1 aromatic rings. The summed E-state index contributed by atoms with van der Waals surface area (Å²) in [7, 11) is 0. The van der Waals surface area contributed by atoms with Gasteiger partial charge in [0.05, 0.1) is 6.61 Å². The molecule has 0 bridgehead atoms. The number of amidine groups is 1. The van der Waals surface area contributed by atoms with Gasteiger partial charge in [0.2, 0.25) is 0 Å². The molecular formula is C13H15N3O3. The van der Waals surface area contributed by atoms with Gasteiger partial charge in [0.15, 0.2) is 0 Å². The Balaban J connectivity index is 2.12. The second kappa shape index (κ2) is 5.51. The van der Waals surface area contributed by atoms with Crippen LogP contribution in [-0.4, -0.2) is 40.7 Å². The summed E-state index contributed by atoms with van der Waals surface area (Å²) < 4.78 is 4.83. The maximum Gasteiger partial charge on any atom is 0.326 e. The van der Waals surface area contributed by atoms with E-state index in [0.29, 0.717) is 18.1 Å². The molecule has 0 unspecified atom stereocenters. The van der Waals surface area contributed by atoms with Crippen LogP contribution >= 0.6 is 0 Å². The maximum atomic E-state index is 12.1. The number of nitrogens with one attached hydrogen (secondary N) is 1. The van der Waals surface area contributed by atoms with Gasteiger partial charge < -0.3 is 9.72 Å². The summed E-state index contributed by atoms with van der Waals surface area (Å²) in [5.41, 5.74) is 1.10. The second-order valence-electron chi connectivity index (χ2n) is 4.01. The van der Waals surface area contributed by atoms with E-state index in [-0.39, 0.29) is 12.5 Å². The van der Waals surface area contributed by atoms with Crippen LogP contribution in [0.1, 0.15) is 19.5 Å². The van der Waals surface area contributed by atoms with Gasteiger partial charge in [0, 0.05) is 11.9 Å². The number of nitrogens with zero attached hydrogens (tertiary/aromatic N) is 2. The van der Waals surface area contributed by atoms with Crippen LogP contribution in [0.15, 0.2) is 29.0 Å². The first-order valence-corrected chi connectivity index (χ1v) is 5.99. The highest BCUT2D eigenvalue weighted by Gasteiger charge is 2.29. The van der Waals surface area contributed by atoms with Crippen LogP contribution in [0.25, 0.3) is 6.08 Å². The average Bonchev–Trinajstić information content (AvgIpc) is 2.95. The summed E-state index contributed by atoms with van der Waals surface area (Å²) >= 11 is 0. The lowest BCUT2D eigenvalue weighted by atomic mass is 10.3. The van der Waals surface area contributed by atoms with E-state index in [2.05, 4.69) is 9.98 Å². The molecule has 1 aliphatic heterocycles. The van der Waals surface area contributed by atoms with E-state index in [1.165, 1.54) is 4.90 Å². The largest absolute Gasteiger partial charge is 0.465 e. The molecule has 0 aliphatic carbocycles. The molecule has 2 heterocycles. The lowest BCUT2D eigenvalue weighted by Gasteiger charge is -2.14. The average molecular weight is 261 g/mol. The molecule has 1 N–H and O–H groups in total. The van der Waals surface area contributed by atoms with Crippen LogP contribution in [0.2, 0.25) is 0 Å². The third kappa shape index (κ3) is 2.90. The SMILES string of the molecule is CCOC(=O)CN1C(=O)C(=Cc2ccc[nH]2)N=C1C. The number of aliphatic imine (C=N–C) groups is 1.